The first-order valence-electron chi connectivity index (χ1n) is 4.99. The first-order valence-corrected chi connectivity index (χ1v) is 5.78. The Morgan fingerprint density at radius 1 is 1.25 bits per heavy atom. The minimum absolute atomic E-state index is 0.806. The van der Waals surface area contributed by atoms with Crippen LogP contribution in [0, 0.1) is 13.8 Å². The summed E-state index contributed by atoms with van der Waals surface area (Å²) in [6.45, 7) is 4.01. The molecule has 2 rings (SSSR count). The summed E-state index contributed by atoms with van der Waals surface area (Å²) < 4.78 is 8.24. The first-order chi connectivity index (χ1) is 7.61. The van der Waals surface area contributed by atoms with E-state index in [9.17, 15) is 0 Å². The van der Waals surface area contributed by atoms with E-state index in [4.69, 9.17) is 4.74 Å². The normalized spacial score (nSPS) is 10.5. The summed E-state index contributed by atoms with van der Waals surface area (Å²) in [6, 6.07) is 7.95. The second kappa shape index (κ2) is 4.29. The number of methoxy groups -OCH3 is 1. The lowest BCUT2D eigenvalue weighted by molar-refractivity contribution is 0.411. The molecule has 0 aliphatic rings. The molecule has 0 aliphatic heterocycles. The van der Waals surface area contributed by atoms with Gasteiger partial charge in [-0.15, -0.1) is 0 Å². The van der Waals surface area contributed by atoms with Gasteiger partial charge in [0, 0.05) is 10.2 Å². The van der Waals surface area contributed by atoms with Gasteiger partial charge >= 0.3 is 0 Å². The van der Waals surface area contributed by atoms with Gasteiger partial charge in [-0.25, -0.2) is 4.68 Å². The lowest BCUT2D eigenvalue weighted by Crippen LogP contribution is -2.01. The van der Waals surface area contributed by atoms with E-state index in [2.05, 4.69) is 21.0 Å². The molecule has 0 atom stereocenters. The van der Waals surface area contributed by atoms with Crippen molar-refractivity contribution in [2.45, 2.75) is 13.8 Å². The van der Waals surface area contributed by atoms with Gasteiger partial charge in [-0.3, -0.25) is 0 Å². The van der Waals surface area contributed by atoms with Gasteiger partial charge in [-0.2, -0.15) is 5.10 Å². The maximum absolute atomic E-state index is 5.35. The summed E-state index contributed by atoms with van der Waals surface area (Å²) in [4.78, 5) is 0. The summed E-state index contributed by atoms with van der Waals surface area (Å²) in [6.07, 6.45) is 0. The largest absolute Gasteiger partial charge is 0.494 e. The molecule has 0 bridgehead atoms. The Labute approximate surface area is 103 Å². The molecule has 0 radical (unpaired) electrons. The molecule has 0 amide bonds. The molecule has 0 saturated carbocycles. The van der Waals surface area contributed by atoms with Crippen LogP contribution in [0.2, 0.25) is 0 Å². The van der Waals surface area contributed by atoms with Crippen molar-refractivity contribution in [2.24, 2.45) is 0 Å². The number of halogens is 1. The van der Waals surface area contributed by atoms with E-state index in [0.29, 0.717) is 0 Å². The monoisotopic (exact) mass is 280 g/mol. The van der Waals surface area contributed by atoms with Crippen LogP contribution < -0.4 is 4.74 Å². The molecule has 84 valence electrons. The van der Waals surface area contributed by atoms with E-state index in [1.165, 1.54) is 0 Å². The summed E-state index contributed by atoms with van der Waals surface area (Å²) >= 11 is 3.42. The van der Waals surface area contributed by atoms with E-state index >= 15 is 0 Å². The van der Waals surface area contributed by atoms with Gasteiger partial charge in [0.1, 0.15) is 11.4 Å². The number of hydrogen-bond donors (Lipinski definition) is 0. The molecule has 2 aromatic rings. The van der Waals surface area contributed by atoms with Crippen molar-refractivity contribution in [3.8, 4) is 11.4 Å². The van der Waals surface area contributed by atoms with Crippen LogP contribution in [-0.4, -0.2) is 16.9 Å². The molecule has 0 aliphatic carbocycles. The third kappa shape index (κ3) is 1.97. The van der Waals surface area contributed by atoms with E-state index in [1.54, 1.807) is 7.11 Å². The van der Waals surface area contributed by atoms with Crippen LogP contribution in [0.5, 0.6) is 5.75 Å². The fraction of sp³-hybridized carbons (Fsp3) is 0.250. The number of hydrogen-bond acceptors (Lipinski definition) is 2. The van der Waals surface area contributed by atoms with Gasteiger partial charge < -0.3 is 4.74 Å². The van der Waals surface area contributed by atoms with Crippen LogP contribution in [0.25, 0.3) is 5.69 Å². The second-order valence-corrected chi connectivity index (χ2v) is 4.57. The Hall–Kier alpha value is -1.29. The van der Waals surface area contributed by atoms with E-state index < -0.39 is 0 Å². The van der Waals surface area contributed by atoms with E-state index in [1.807, 2.05) is 42.8 Å². The van der Waals surface area contributed by atoms with Gasteiger partial charge in [0.15, 0.2) is 0 Å². The molecule has 0 fully saturated rings. The Bertz CT molecular complexity index is 520. The van der Waals surface area contributed by atoms with Crippen molar-refractivity contribution in [2.75, 3.05) is 7.11 Å². The van der Waals surface area contributed by atoms with E-state index in [0.717, 1.165) is 27.3 Å². The lowest BCUT2D eigenvalue weighted by atomic mass is 10.3. The van der Waals surface area contributed by atoms with E-state index in [-0.39, 0.29) is 0 Å². The zero-order valence-corrected chi connectivity index (χ0v) is 11.1. The molecule has 1 aromatic heterocycles. The lowest BCUT2D eigenvalue weighted by Gasteiger charge is -2.10. The average Bonchev–Trinajstić information content (AvgIpc) is 2.57. The summed E-state index contributed by atoms with van der Waals surface area (Å²) in [7, 11) is 1.66. The predicted molar refractivity (Wildman–Crippen MR) is 67.3 cm³/mol. The SMILES string of the molecule is COc1cc(Br)ccc1-n1nc(C)cc1C. The second-order valence-electron chi connectivity index (χ2n) is 3.66. The van der Waals surface area contributed by atoms with Crippen LogP contribution in [0.1, 0.15) is 11.4 Å². The molecule has 16 heavy (non-hydrogen) atoms. The van der Waals surface area contributed by atoms with Crippen molar-refractivity contribution >= 4 is 15.9 Å². The Balaban J connectivity index is 2.59. The Morgan fingerprint density at radius 2 is 2.00 bits per heavy atom. The molecule has 0 spiro atoms. The number of aryl methyl sites for hydroxylation is 2. The van der Waals surface area contributed by atoms with Crippen molar-refractivity contribution < 1.29 is 4.74 Å². The molecule has 3 nitrogen and oxygen atoms in total. The standard InChI is InChI=1S/C12H13BrN2O/c1-8-6-9(2)15(14-8)11-5-4-10(13)7-12(11)16-3/h4-7H,1-3H3. The first kappa shape index (κ1) is 11.2. The Morgan fingerprint density at radius 3 is 2.56 bits per heavy atom. The van der Waals surface area contributed by atoms with Gasteiger partial charge in [0.25, 0.3) is 0 Å². The Kier molecular flexibility index (Phi) is 3.01. The van der Waals surface area contributed by atoms with Crippen molar-refractivity contribution in [1.29, 1.82) is 0 Å². The van der Waals surface area contributed by atoms with Gasteiger partial charge in [0.2, 0.25) is 0 Å². The molecule has 4 heteroatoms. The third-order valence-electron chi connectivity index (χ3n) is 2.38. The number of aromatic nitrogens is 2. The maximum Gasteiger partial charge on any atom is 0.145 e. The van der Waals surface area contributed by atoms with Crippen LogP contribution in [0.3, 0.4) is 0 Å². The molecular formula is C12H13BrN2O. The zero-order chi connectivity index (χ0) is 11.7. The fourth-order valence-corrected chi connectivity index (χ4v) is 2.04. The van der Waals surface area contributed by atoms with Crippen molar-refractivity contribution in [3.63, 3.8) is 0 Å². The third-order valence-corrected chi connectivity index (χ3v) is 2.87. The van der Waals surface area contributed by atoms with Gasteiger partial charge in [-0.1, -0.05) is 15.9 Å². The fourth-order valence-electron chi connectivity index (χ4n) is 1.70. The number of nitrogens with zero attached hydrogens (tertiary/aromatic N) is 2. The van der Waals surface area contributed by atoms with Gasteiger partial charge in [0.05, 0.1) is 12.8 Å². The molecule has 0 saturated heterocycles. The topological polar surface area (TPSA) is 27.1 Å². The predicted octanol–water partition coefficient (Wildman–Crippen LogP) is 3.26. The van der Waals surface area contributed by atoms with Crippen molar-refractivity contribution in [1.82, 2.24) is 9.78 Å². The highest BCUT2D eigenvalue weighted by atomic mass is 79.9. The average molecular weight is 281 g/mol. The highest BCUT2D eigenvalue weighted by Crippen LogP contribution is 2.27. The van der Waals surface area contributed by atoms with Crippen molar-refractivity contribution in [3.05, 3.63) is 40.1 Å². The van der Waals surface area contributed by atoms with Crippen LogP contribution in [0.15, 0.2) is 28.7 Å². The van der Waals surface area contributed by atoms with Crippen LogP contribution in [-0.2, 0) is 0 Å². The number of benzene rings is 1. The van der Waals surface area contributed by atoms with Crippen LogP contribution in [0.4, 0.5) is 0 Å². The number of rotatable bonds is 2. The molecule has 1 heterocycles. The smallest absolute Gasteiger partial charge is 0.145 e. The van der Waals surface area contributed by atoms with Gasteiger partial charge in [-0.05, 0) is 38.1 Å². The molecule has 1 aromatic carbocycles. The quantitative estimate of drug-likeness (QED) is 0.844. The summed E-state index contributed by atoms with van der Waals surface area (Å²) in [5.74, 6) is 0.806. The minimum Gasteiger partial charge on any atom is -0.494 e. The van der Waals surface area contributed by atoms with Crippen LogP contribution >= 0.6 is 15.9 Å². The number of ether oxygens (including phenoxy) is 1. The zero-order valence-electron chi connectivity index (χ0n) is 9.49. The molecular weight excluding hydrogens is 268 g/mol. The summed E-state index contributed by atoms with van der Waals surface area (Å²) in [5.41, 5.74) is 3.05. The highest BCUT2D eigenvalue weighted by Gasteiger charge is 2.09. The maximum atomic E-state index is 5.35. The minimum atomic E-state index is 0.806. The molecule has 0 unspecified atom stereocenters. The molecule has 0 N–H and O–H groups in total. The highest BCUT2D eigenvalue weighted by molar-refractivity contribution is 9.10. The summed E-state index contributed by atoms with van der Waals surface area (Å²) in [5, 5.41) is 4.44.